The Hall–Kier alpha value is -1.69. The molecule has 20 heavy (non-hydrogen) atoms. The van der Waals surface area contributed by atoms with Gasteiger partial charge >= 0.3 is 0 Å². The molecule has 0 aliphatic carbocycles. The first-order chi connectivity index (χ1) is 9.55. The van der Waals surface area contributed by atoms with Crippen LogP contribution in [0, 0.1) is 0 Å². The van der Waals surface area contributed by atoms with Gasteiger partial charge in [-0.25, -0.2) is 4.98 Å². The summed E-state index contributed by atoms with van der Waals surface area (Å²) in [7, 11) is 3.89. The summed E-state index contributed by atoms with van der Waals surface area (Å²) in [4.78, 5) is 18.6. The van der Waals surface area contributed by atoms with Crippen molar-refractivity contribution < 1.29 is 4.79 Å². The van der Waals surface area contributed by atoms with Crippen LogP contribution in [-0.4, -0.2) is 28.1 Å². The maximum absolute atomic E-state index is 11.2. The molecular weight excluding hydrogens is 272 g/mol. The number of carbonyl (C=O) groups excluding carboxylic acids is 1. The highest BCUT2D eigenvalue weighted by molar-refractivity contribution is 7.17. The number of rotatable bonds is 6. The third kappa shape index (κ3) is 3.07. The Bertz CT molecular complexity index is 590. The molecule has 2 aromatic rings. The van der Waals surface area contributed by atoms with Gasteiger partial charge in [0.25, 0.3) is 0 Å². The molecular formula is C14H20N4OS. The van der Waals surface area contributed by atoms with Gasteiger partial charge in [-0.05, 0) is 12.3 Å². The third-order valence-electron chi connectivity index (χ3n) is 3.36. The van der Waals surface area contributed by atoms with Gasteiger partial charge in [0.2, 0.25) is 0 Å². The standard InChI is InChI=1S/C14H20N4OS/c1-5-10(2)13-12(9-19)20-14(16-13)17(3)7-11-6-15-18(4)8-11/h6,8-10H,5,7H2,1-4H3. The Balaban J connectivity index is 2.19. The van der Waals surface area contributed by atoms with E-state index < -0.39 is 0 Å². The Kier molecular flexibility index (Phi) is 4.54. The molecule has 2 rings (SSSR count). The van der Waals surface area contributed by atoms with Gasteiger partial charge < -0.3 is 4.90 Å². The number of nitrogens with zero attached hydrogens (tertiary/aromatic N) is 4. The largest absolute Gasteiger partial charge is 0.347 e. The van der Waals surface area contributed by atoms with Crippen molar-refractivity contribution in [2.75, 3.05) is 11.9 Å². The summed E-state index contributed by atoms with van der Waals surface area (Å²) in [5.41, 5.74) is 2.04. The van der Waals surface area contributed by atoms with Gasteiger partial charge in [0.15, 0.2) is 11.4 Å². The molecule has 0 amide bonds. The minimum absolute atomic E-state index is 0.312. The van der Waals surface area contributed by atoms with Crippen molar-refractivity contribution in [3.8, 4) is 0 Å². The normalized spacial score (nSPS) is 12.4. The number of aromatic nitrogens is 3. The maximum atomic E-state index is 11.2. The van der Waals surface area contributed by atoms with E-state index in [1.165, 1.54) is 11.3 Å². The molecule has 0 bridgehead atoms. The van der Waals surface area contributed by atoms with Crippen LogP contribution in [0.1, 0.15) is 47.1 Å². The molecule has 0 saturated heterocycles. The first-order valence-corrected chi connectivity index (χ1v) is 7.51. The highest BCUT2D eigenvalue weighted by Crippen LogP contribution is 2.31. The van der Waals surface area contributed by atoms with Crippen molar-refractivity contribution in [3.05, 3.63) is 28.5 Å². The zero-order chi connectivity index (χ0) is 14.7. The second-order valence-corrected chi connectivity index (χ2v) is 6.06. The average molecular weight is 292 g/mol. The number of thiazole rings is 1. The molecule has 0 spiro atoms. The van der Waals surface area contributed by atoms with Crippen LogP contribution in [-0.2, 0) is 13.6 Å². The fraction of sp³-hybridized carbons (Fsp3) is 0.500. The van der Waals surface area contributed by atoms with Gasteiger partial charge in [0.05, 0.1) is 16.8 Å². The molecule has 2 aromatic heterocycles. The van der Waals surface area contributed by atoms with Crippen LogP contribution in [0.4, 0.5) is 5.13 Å². The molecule has 1 atom stereocenters. The lowest BCUT2D eigenvalue weighted by atomic mass is 10.0. The molecule has 1 unspecified atom stereocenters. The minimum atomic E-state index is 0.312. The Labute approximate surface area is 123 Å². The van der Waals surface area contributed by atoms with E-state index in [9.17, 15) is 4.79 Å². The first-order valence-electron chi connectivity index (χ1n) is 6.69. The van der Waals surface area contributed by atoms with Crippen molar-refractivity contribution in [1.82, 2.24) is 14.8 Å². The first kappa shape index (κ1) is 14.7. The summed E-state index contributed by atoms with van der Waals surface area (Å²) < 4.78 is 1.78. The molecule has 6 heteroatoms. The zero-order valence-corrected chi connectivity index (χ0v) is 13.1. The lowest BCUT2D eigenvalue weighted by Gasteiger charge is -2.14. The van der Waals surface area contributed by atoms with E-state index in [1.54, 1.807) is 4.68 Å². The second kappa shape index (κ2) is 6.17. The number of anilines is 1. The molecule has 2 heterocycles. The summed E-state index contributed by atoms with van der Waals surface area (Å²) in [6, 6.07) is 0. The van der Waals surface area contributed by atoms with E-state index in [4.69, 9.17) is 0 Å². The molecule has 0 radical (unpaired) electrons. The predicted molar refractivity (Wildman–Crippen MR) is 81.5 cm³/mol. The summed E-state index contributed by atoms with van der Waals surface area (Å²) >= 11 is 1.46. The highest BCUT2D eigenvalue weighted by atomic mass is 32.1. The zero-order valence-electron chi connectivity index (χ0n) is 12.3. The van der Waals surface area contributed by atoms with Crippen LogP contribution >= 0.6 is 11.3 Å². The Morgan fingerprint density at radius 1 is 1.55 bits per heavy atom. The predicted octanol–water partition coefficient (Wildman–Crippen LogP) is 2.84. The Morgan fingerprint density at radius 3 is 2.85 bits per heavy atom. The monoisotopic (exact) mass is 292 g/mol. The maximum Gasteiger partial charge on any atom is 0.186 e. The summed E-state index contributed by atoms with van der Waals surface area (Å²) in [6.07, 6.45) is 5.73. The Morgan fingerprint density at radius 2 is 2.30 bits per heavy atom. The fourth-order valence-corrected chi connectivity index (χ4v) is 2.98. The number of aldehydes is 1. The fourth-order valence-electron chi connectivity index (χ4n) is 2.02. The van der Waals surface area contributed by atoms with Crippen LogP contribution in [0.2, 0.25) is 0 Å². The van der Waals surface area contributed by atoms with Crippen molar-refractivity contribution in [2.24, 2.45) is 7.05 Å². The quantitative estimate of drug-likeness (QED) is 0.768. The van der Waals surface area contributed by atoms with Gasteiger partial charge in [0, 0.05) is 32.4 Å². The molecule has 108 valence electrons. The van der Waals surface area contributed by atoms with Crippen LogP contribution in [0.3, 0.4) is 0 Å². The number of hydrogen-bond acceptors (Lipinski definition) is 5. The van der Waals surface area contributed by atoms with Crippen LogP contribution < -0.4 is 4.90 Å². The number of hydrogen-bond donors (Lipinski definition) is 0. The average Bonchev–Trinajstić information content (AvgIpc) is 3.04. The van der Waals surface area contributed by atoms with Crippen LogP contribution in [0.15, 0.2) is 12.4 Å². The SMILES string of the molecule is CCC(C)c1nc(N(C)Cc2cnn(C)c2)sc1C=O. The van der Waals surface area contributed by atoms with E-state index >= 15 is 0 Å². The molecule has 0 fully saturated rings. The molecule has 0 N–H and O–H groups in total. The molecule has 5 nitrogen and oxygen atoms in total. The molecule has 0 aliphatic rings. The third-order valence-corrected chi connectivity index (χ3v) is 4.47. The van der Waals surface area contributed by atoms with E-state index in [0.29, 0.717) is 5.92 Å². The lowest BCUT2D eigenvalue weighted by Crippen LogP contribution is -2.15. The van der Waals surface area contributed by atoms with Gasteiger partial charge in [-0.15, -0.1) is 0 Å². The molecule has 0 aromatic carbocycles. The van der Waals surface area contributed by atoms with E-state index in [-0.39, 0.29) is 0 Å². The van der Waals surface area contributed by atoms with Gasteiger partial charge in [-0.3, -0.25) is 9.48 Å². The van der Waals surface area contributed by atoms with E-state index in [2.05, 4.69) is 28.8 Å². The molecule has 0 saturated carbocycles. The van der Waals surface area contributed by atoms with E-state index in [0.717, 1.165) is 40.5 Å². The summed E-state index contributed by atoms with van der Waals surface area (Å²) in [5, 5.41) is 5.04. The highest BCUT2D eigenvalue weighted by Gasteiger charge is 2.17. The van der Waals surface area contributed by atoms with Gasteiger partial charge in [-0.1, -0.05) is 25.2 Å². The second-order valence-electron chi connectivity index (χ2n) is 5.05. The topological polar surface area (TPSA) is 51.0 Å². The van der Waals surface area contributed by atoms with Crippen LogP contribution in [0.5, 0.6) is 0 Å². The van der Waals surface area contributed by atoms with Crippen LogP contribution in [0.25, 0.3) is 0 Å². The van der Waals surface area contributed by atoms with Crippen molar-refractivity contribution >= 4 is 22.8 Å². The smallest absolute Gasteiger partial charge is 0.186 e. The van der Waals surface area contributed by atoms with Gasteiger partial charge in [0.1, 0.15) is 0 Å². The van der Waals surface area contributed by atoms with Gasteiger partial charge in [-0.2, -0.15) is 5.10 Å². The summed E-state index contributed by atoms with van der Waals surface area (Å²) in [5.74, 6) is 0.312. The lowest BCUT2D eigenvalue weighted by molar-refractivity contribution is 0.112. The van der Waals surface area contributed by atoms with E-state index in [1.807, 2.05) is 26.5 Å². The van der Waals surface area contributed by atoms with Crippen molar-refractivity contribution in [2.45, 2.75) is 32.7 Å². The number of aryl methyl sites for hydroxylation is 1. The van der Waals surface area contributed by atoms with Crippen molar-refractivity contribution in [1.29, 1.82) is 0 Å². The minimum Gasteiger partial charge on any atom is -0.347 e. The number of carbonyl (C=O) groups is 1. The summed E-state index contributed by atoms with van der Waals surface area (Å²) in [6.45, 7) is 4.95. The van der Waals surface area contributed by atoms with Crippen molar-refractivity contribution in [3.63, 3.8) is 0 Å². The molecule has 0 aliphatic heterocycles.